The molecule has 0 saturated carbocycles. The molecule has 7 heteroatoms. The molecule has 0 aliphatic heterocycles. The largest absolute Gasteiger partial charge is 0.421 e. The van der Waals surface area contributed by atoms with Crippen molar-refractivity contribution in [3.8, 4) is 0 Å². The second-order valence-corrected chi connectivity index (χ2v) is 7.92. The van der Waals surface area contributed by atoms with Crippen molar-refractivity contribution in [2.24, 2.45) is 0 Å². The Hall–Kier alpha value is -3.09. The van der Waals surface area contributed by atoms with Gasteiger partial charge in [0.25, 0.3) is 0 Å². The highest BCUT2D eigenvalue weighted by molar-refractivity contribution is 5.63. The Morgan fingerprint density at radius 1 is 0.903 bits per heavy atom. The van der Waals surface area contributed by atoms with E-state index in [2.05, 4.69) is 48.3 Å². The molecule has 0 saturated heterocycles. The lowest BCUT2D eigenvalue weighted by molar-refractivity contribution is -0.137. The molecule has 1 heterocycles. The van der Waals surface area contributed by atoms with Gasteiger partial charge in [0, 0.05) is 17.6 Å². The highest BCUT2D eigenvalue weighted by atomic mass is 19.4. The van der Waals surface area contributed by atoms with Gasteiger partial charge in [-0.25, -0.2) is 4.98 Å². The van der Waals surface area contributed by atoms with Gasteiger partial charge in [-0.05, 0) is 53.6 Å². The Morgan fingerprint density at radius 3 is 2.23 bits per heavy atom. The van der Waals surface area contributed by atoms with Gasteiger partial charge in [-0.1, -0.05) is 52.0 Å². The van der Waals surface area contributed by atoms with Crippen LogP contribution in [-0.2, 0) is 6.18 Å². The number of halogens is 3. The Labute approximate surface area is 181 Å². The van der Waals surface area contributed by atoms with E-state index in [0.717, 1.165) is 18.2 Å². The van der Waals surface area contributed by atoms with E-state index in [1.807, 2.05) is 42.5 Å². The third kappa shape index (κ3) is 5.75. The summed E-state index contributed by atoms with van der Waals surface area (Å²) >= 11 is 0. The quantitative estimate of drug-likeness (QED) is 0.406. The normalized spacial score (nSPS) is 12.6. The summed E-state index contributed by atoms with van der Waals surface area (Å²) < 4.78 is 40.7. The molecule has 1 unspecified atom stereocenters. The number of aromatic nitrogens is 2. The number of alkyl halides is 3. The van der Waals surface area contributed by atoms with E-state index in [1.165, 1.54) is 5.56 Å². The second kappa shape index (κ2) is 9.37. The summed E-state index contributed by atoms with van der Waals surface area (Å²) in [6.45, 7) is 8.34. The third-order valence-corrected chi connectivity index (χ3v) is 5.26. The predicted octanol–water partition coefficient (Wildman–Crippen LogP) is 7.62. The molecule has 0 aliphatic carbocycles. The molecule has 3 aromatic rings. The van der Waals surface area contributed by atoms with Gasteiger partial charge in [0.15, 0.2) is 0 Å². The van der Waals surface area contributed by atoms with Crippen molar-refractivity contribution in [2.75, 3.05) is 10.6 Å². The zero-order chi connectivity index (χ0) is 22.6. The maximum atomic E-state index is 13.6. The Morgan fingerprint density at radius 2 is 1.61 bits per heavy atom. The molecule has 31 heavy (non-hydrogen) atoms. The molecule has 0 aliphatic rings. The summed E-state index contributed by atoms with van der Waals surface area (Å²) in [4.78, 5) is 8.01. The van der Waals surface area contributed by atoms with Crippen LogP contribution in [0.25, 0.3) is 0 Å². The SMILES string of the molecule is CCC(C)c1cccc(Nc2nc(Nc3ccc(C(C)C)cc3)ncc2C(F)(F)F)c1. The molecule has 0 spiro atoms. The van der Waals surface area contributed by atoms with E-state index < -0.39 is 11.7 Å². The van der Waals surface area contributed by atoms with Crippen molar-refractivity contribution in [1.29, 1.82) is 0 Å². The van der Waals surface area contributed by atoms with E-state index in [-0.39, 0.29) is 11.8 Å². The van der Waals surface area contributed by atoms with E-state index in [9.17, 15) is 13.2 Å². The van der Waals surface area contributed by atoms with Gasteiger partial charge < -0.3 is 10.6 Å². The number of hydrogen-bond donors (Lipinski definition) is 2. The zero-order valence-electron chi connectivity index (χ0n) is 18.1. The molecule has 1 atom stereocenters. The molecular formula is C24H27F3N4. The van der Waals surface area contributed by atoms with Gasteiger partial charge in [0.2, 0.25) is 5.95 Å². The van der Waals surface area contributed by atoms with Crippen LogP contribution in [0.1, 0.15) is 62.6 Å². The molecule has 0 amide bonds. The van der Waals surface area contributed by atoms with E-state index >= 15 is 0 Å². The number of benzene rings is 2. The monoisotopic (exact) mass is 428 g/mol. The van der Waals surface area contributed by atoms with Crippen LogP contribution < -0.4 is 10.6 Å². The van der Waals surface area contributed by atoms with Gasteiger partial charge in [-0.2, -0.15) is 18.2 Å². The van der Waals surface area contributed by atoms with Crippen LogP contribution in [-0.4, -0.2) is 9.97 Å². The average molecular weight is 429 g/mol. The number of anilines is 4. The van der Waals surface area contributed by atoms with Crippen molar-refractivity contribution in [1.82, 2.24) is 9.97 Å². The summed E-state index contributed by atoms with van der Waals surface area (Å²) in [5, 5.41) is 5.82. The van der Waals surface area contributed by atoms with Gasteiger partial charge in [-0.3, -0.25) is 0 Å². The van der Waals surface area contributed by atoms with Crippen LogP contribution in [0, 0.1) is 0 Å². The second-order valence-electron chi connectivity index (χ2n) is 7.92. The molecule has 4 nitrogen and oxygen atoms in total. The number of rotatable bonds is 7. The first kappa shape index (κ1) is 22.6. The maximum absolute atomic E-state index is 13.6. The molecule has 0 bridgehead atoms. The minimum atomic E-state index is -4.58. The Kier molecular flexibility index (Phi) is 6.83. The fraction of sp³-hybridized carbons (Fsp3) is 0.333. The average Bonchev–Trinajstić information content (AvgIpc) is 2.73. The minimum Gasteiger partial charge on any atom is -0.340 e. The van der Waals surface area contributed by atoms with E-state index in [4.69, 9.17) is 0 Å². The first-order chi connectivity index (χ1) is 14.7. The molecule has 2 aromatic carbocycles. The van der Waals surface area contributed by atoms with Crippen molar-refractivity contribution >= 4 is 23.1 Å². The fourth-order valence-corrected chi connectivity index (χ4v) is 3.12. The summed E-state index contributed by atoms with van der Waals surface area (Å²) in [7, 11) is 0. The lowest BCUT2D eigenvalue weighted by atomic mass is 9.98. The van der Waals surface area contributed by atoms with Crippen LogP contribution in [0.5, 0.6) is 0 Å². The van der Waals surface area contributed by atoms with Crippen molar-refractivity contribution in [2.45, 2.75) is 52.1 Å². The highest BCUT2D eigenvalue weighted by Crippen LogP contribution is 2.36. The van der Waals surface area contributed by atoms with Gasteiger partial charge in [0.05, 0.1) is 0 Å². The lowest BCUT2D eigenvalue weighted by Crippen LogP contribution is -2.12. The number of nitrogens with one attached hydrogen (secondary N) is 2. The topological polar surface area (TPSA) is 49.8 Å². The smallest absolute Gasteiger partial charge is 0.340 e. The van der Waals surface area contributed by atoms with Crippen molar-refractivity contribution in [3.05, 3.63) is 71.4 Å². The predicted molar refractivity (Wildman–Crippen MR) is 119 cm³/mol. The molecule has 164 valence electrons. The molecule has 2 N–H and O–H groups in total. The third-order valence-electron chi connectivity index (χ3n) is 5.26. The molecule has 0 radical (unpaired) electrons. The first-order valence-corrected chi connectivity index (χ1v) is 10.4. The molecule has 0 fully saturated rings. The standard InChI is InChI=1S/C24H27F3N4/c1-5-16(4)18-7-6-8-20(13-18)29-22-21(24(25,26)27)14-28-23(31-22)30-19-11-9-17(10-12-19)15(2)3/h6-16H,5H2,1-4H3,(H2,28,29,30,31). The maximum Gasteiger partial charge on any atom is 0.421 e. The van der Waals surface area contributed by atoms with Crippen LogP contribution in [0.4, 0.5) is 36.3 Å². The number of nitrogens with zero attached hydrogens (tertiary/aromatic N) is 2. The molecule has 1 aromatic heterocycles. The van der Waals surface area contributed by atoms with E-state index in [1.54, 1.807) is 6.07 Å². The Balaban J connectivity index is 1.90. The lowest BCUT2D eigenvalue weighted by Gasteiger charge is -2.16. The minimum absolute atomic E-state index is 0.0888. The Bertz CT molecular complexity index is 1010. The first-order valence-electron chi connectivity index (χ1n) is 10.4. The summed E-state index contributed by atoms with van der Waals surface area (Å²) in [6.07, 6.45) is -2.83. The van der Waals surface area contributed by atoms with Crippen LogP contribution in [0.15, 0.2) is 54.7 Å². The van der Waals surface area contributed by atoms with Crippen LogP contribution in [0.3, 0.4) is 0 Å². The molecular weight excluding hydrogens is 401 g/mol. The fourth-order valence-electron chi connectivity index (χ4n) is 3.12. The van der Waals surface area contributed by atoms with Gasteiger partial charge in [-0.15, -0.1) is 0 Å². The van der Waals surface area contributed by atoms with Gasteiger partial charge >= 0.3 is 6.18 Å². The summed E-state index contributed by atoms with van der Waals surface area (Å²) in [6, 6.07) is 15.0. The van der Waals surface area contributed by atoms with Gasteiger partial charge in [0.1, 0.15) is 11.4 Å². The summed E-state index contributed by atoms with van der Waals surface area (Å²) in [5.74, 6) is 0.495. The van der Waals surface area contributed by atoms with Crippen molar-refractivity contribution in [3.63, 3.8) is 0 Å². The zero-order valence-corrected chi connectivity index (χ0v) is 18.1. The number of hydrogen-bond acceptors (Lipinski definition) is 4. The van der Waals surface area contributed by atoms with Crippen molar-refractivity contribution < 1.29 is 13.2 Å². The van der Waals surface area contributed by atoms with E-state index in [0.29, 0.717) is 23.2 Å². The highest BCUT2D eigenvalue weighted by Gasteiger charge is 2.35. The van der Waals surface area contributed by atoms with Crippen LogP contribution >= 0.6 is 0 Å². The van der Waals surface area contributed by atoms with Crippen LogP contribution in [0.2, 0.25) is 0 Å². The summed E-state index contributed by atoms with van der Waals surface area (Å²) in [5.41, 5.74) is 2.56. The molecule has 3 rings (SSSR count).